The highest BCUT2D eigenvalue weighted by atomic mass is 16.6. The van der Waals surface area contributed by atoms with E-state index in [1.165, 1.54) is 32.4 Å². The molecule has 1 aliphatic heterocycles. The van der Waals surface area contributed by atoms with E-state index in [0.29, 0.717) is 30.2 Å². The Kier molecular flexibility index (Phi) is 11.6. The van der Waals surface area contributed by atoms with Gasteiger partial charge in [-0.05, 0) is 32.0 Å². The normalized spacial score (nSPS) is 14.4. The van der Waals surface area contributed by atoms with Gasteiger partial charge in [-0.3, -0.25) is 10.1 Å². The molecule has 0 fully saturated rings. The third-order valence-corrected chi connectivity index (χ3v) is 6.42. The number of benzene rings is 2. The van der Waals surface area contributed by atoms with Crippen LogP contribution in [0.25, 0.3) is 0 Å². The van der Waals surface area contributed by atoms with Crippen LogP contribution in [0.15, 0.2) is 83.2 Å². The molecular weight excluding hydrogens is 546 g/mol. The number of nitro groups is 1. The van der Waals surface area contributed by atoms with Crippen LogP contribution in [0.4, 0.5) is 5.69 Å². The molecule has 1 aliphatic rings. The topological polar surface area (TPSA) is 158 Å². The van der Waals surface area contributed by atoms with Crippen molar-refractivity contribution in [2.45, 2.75) is 25.9 Å². The number of rotatable bonds is 14. The third-order valence-electron chi connectivity index (χ3n) is 6.42. The van der Waals surface area contributed by atoms with E-state index in [1.807, 2.05) is 30.3 Å². The maximum Gasteiger partial charge on any atom is 0.336 e. The number of methoxy groups -OCH3 is 2. The maximum absolute atomic E-state index is 12.9. The number of para-hydroxylation sites is 1. The quantitative estimate of drug-likeness (QED) is 0.0989. The number of ether oxygens (including phenoxy) is 4. The lowest BCUT2D eigenvalue weighted by Gasteiger charge is -2.30. The van der Waals surface area contributed by atoms with Gasteiger partial charge in [0.1, 0.15) is 30.8 Å². The zero-order valence-electron chi connectivity index (χ0n) is 23.9. The van der Waals surface area contributed by atoms with Crippen LogP contribution in [-0.2, 0) is 19.1 Å². The lowest BCUT2D eigenvalue weighted by atomic mass is 9.80. The largest absolute Gasteiger partial charge is 0.491 e. The van der Waals surface area contributed by atoms with E-state index >= 15 is 0 Å². The number of allylic oxidation sites excluding steroid dienone is 2. The number of carbonyl (C=O) groups excluding carboxylic acids is 2. The third kappa shape index (κ3) is 8.18. The first-order chi connectivity index (χ1) is 20.2. The molecule has 0 bridgehead atoms. The number of nitro benzene ring substituents is 1. The Morgan fingerprint density at radius 1 is 1.02 bits per heavy atom. The van der Waals surface area contributed by atoms with Crippen molar-refractivity contribution in [2.75, 3.05) is 40.5 Å². The summed E-state index contributed by atoms with van der Waals surface area (Å²) in [6.45, 7) is 4.28. The van der Waals surface area contributed by atoms with Gasteiger partial charge in [0.2, 0.25) is 0 Å². The summed E-state index contributed by atoms with van der Waals surface area (Å²) in [6.07, 6.45) is 2.83. The van der Waals surface area contributed by atoms with Crippen LogP contribution in [0.1, 0.15) is 25.3 Å². The summed E-state index contributed by atoms with van der Waals surface area (Å²) in [5, 5.41) is 27.8. The van der Waals surface area contributed by atoms with Gasteiger partial charge < -0.3 is 34.7 Å². The zero-order valence-corrected chi connectivity index (χ0v) is 23.9. The predicted molar refractivity (Wildman–Crippen MR) is 154 cm³/mol. The summed E-state index contributed by atoms with van der Waals surface area (Å²) < 4.78 is 21.5. The number of carbonyl (C=O) groups is 2. The van der Waals surface area contributed by atoms with Gasteiger partial charge in [-0.25, -0.2) is 9.59 Å². The Morgan fingerprint density at radius 3 is 2.26 bits per heavy atom. The number of non-ortho nitro benzene ring substituents is 1. The number of aliphatic hydroxyl groups excluding tert-OH is 1. The Bertz CT molecular complexity index is 1330. The van der Waals surface area contributed by atoms with Gasteiger partial charge in [0.25, 0.3) is 5.69 Å². The summed E-state index contributed by atoms with van der Waals surface area (Å²) in [5.74, 6) is -1.55. The van der Waals surface area contributed by atoms with Crippen LogP contribution >= 0.6 is 0 Å². The highest BCUT2D eigenvalue weighted by Gasteiger charge is 2.39. The van der Waals surface area contributed by atoms with E-state index < -0.39 is 28.9 Å². The standard InChI is InChI=1S/C30H35N3O9/c1-19-26(29(35)39-3)28(27(20(2)32-19)30(36)40-4)24-16-21(33(37)38)12-13-25(24)41-15-9-8-14-31-17-22(34)18-42-23-10-6-5-7-11-23/h5-13,16,22,28,31-32,34H,14-15,17-18H2,1-4H3/b9-8+. The van der Waals surface area contributed by atoms with Gasteiger partial charge in [0.05, 0.1) is 36.2 Å². The van der Waals surface area contributed by atoms with Crippen molar-refractivity contribution in [1.82, 2.24) is 10.6 Å². The lowest BCUT2D eigenvalue weighted by molar-refractivity contribution is -0.384. The summed E-state index contributed by atoms with van der Waals surface area (Å²) in [6, 6.07) is 13.2. The molecule has 2 aromatic carbocycles. The SMILES string of the molecule is COC(=O)C1=C(C)NC(C)=C(C(=O)OC)C1c1cc([N+](=O)[O-])ccc1OC/C=C/CNCC(O)COc1ccccc1. The van der Waals surface area contributed by atoms with Crippen LogP contribution in [0.3, 0.4) is 0 Å². The van der Waals surface area contributed by atoms with E-state index in [2.05, 4.69) is 10.6 Å². The summed E-state index contributed by atoms with van der Waals surface area (Å²) in [4.78, 5) is 36.8. The van der Waals surface area contributed by atoms with E-state index in [0.717, 1.165) is 0 Å². The average molecular weight is 582 g/mol. The second-order valence-corrected chi connectivity index (χ2v) is 9.32. The zero-order chi connectivity index (χ0) is 30.6. The van der Waals surface area contributed by atoms with Crippen molar-refractivity contribution in [3.05, 3.63) is 98.9 Å². The summed E-state index contributed by atoms with van der Waals surface area (Å²) in [7, 11) is 2.42. The van der Waals surface area contributed by atoms with Crippen LogP contribution in [0.2, 0.25) is 0 Å². The molecule has 2 aromatic rings. The van der Waals surface area contributed by atoms with Crippen molar-refractivity contribution in [3.63, 3.8) is 0 Å². The summed E-state index contributed by atoms with van der Waals surface area (Å²) >= 11 is 0. The fourth-order valence-corrected chi connectivity index (χ4v) is 4.46. The number of aliphatic hydroxyl groups is 1. The highest BCUT2D eigenvalue weighted by Crippen LogP contribution is 2.44. The second kappa shape index (κ2) is 15.4. The molecule has 0 saturated heterocycles. The molecule has 224 valence electrons. The Balaban J connectivity index is 1.73. The minimum absolute atomic E-state index is 0.0869. The number of hydrogen-bond donors (Lipinski definition) is 3. The molecule has 0 saturated carbocycles. The molecule has 1 heterocycles. The smallest absolute Gasteiger partial charge is 0.336 e. The van der Waals surface area contributed by atoms with Crippen LogP contribution in [-0.4, -0.2) is 68.6 Å². The van der Waals surface area contributed by atoms with Gasteiger partial charge in [0, 0.05) is 42.2 Å². The molecule has 0 radical (unpaired) electrons. The molecule has 12 nitrogen and oxygen atoms in total. The van der Waals surface area contributed by atoms with Crippen molar-refractivity contribution >= 4 is 17.6 Å². The highest BCUT2D eigenvalue weighted by molar-refractivity contribution is 6.00. The molecule has 1 atom stereocenters. The second-order valence-electron chi connectivity index (χ2n) is 9.32. The molecular formula is C30H35N3O9. The molecule has 3 N–H and O–H groups in total. The fourth-order valence-electron chi connectivity index (χ4n) is 4.46. The average Bonchev–Trinajstić information content (AvgIpc) is 2.99. The van der Waals surface area contributed by atoms with E-state index in [4.69, 9.17) is 18.9 Å². The van der Waals surface area contributed by atoms with Gasteiger partial charge >= 0.3 is 11.9 Å². The minimum atomic E-state index is -1.05. The van der Waals surface area contributed by atoms with Crippen molar-refractivity contribution < 1.29 is 38.6 Å². The first-order valence-electron chi connectivity index (χ1n) is 13.2. The molecule has 0 amide bonds. The first-order valence-corrected chi connectivity index (χ1v) is 13.2. The van der Waals surface area contributed by atoms with E-state index in [-0.39, 0.29) is 41.4 Å². The number of dihydropyridines is 1. The number of nitrogens with one attached hydrogen (secondary N) is 2. The van der Waals surface area contributed by atoms with Gasteiger partial charge in [0.15, 0.2) is 0 Å². The molecule has 3 rings (SSSR count). The van der Waals surface area contributed by atoms with Crippen LogP contribution < -0.4 is 20.1 Å². The number of esters is 2. The lowest BCUT2D eigenvalue weighted by Crippen LogP contribution is -2.32. The van der Waals surface area contributed by atoms with E-state index in [1.54, 1.807) is 26.0 Å². The Labute approximate surface area is 243 Å². The first kappa shape index (κ1) is 31.8. The van der Waals surface area contributed by atoms with Crippen molar-refractivity contribution in [1.29, 1.82) is 0 Å². The molecule has 0 aromatic heterocycles. The molecule has 0 spiro atoms. The number of hydrogen-bond acceptors (Lipinski definition) is 11. The van der Waals surface area contributed by atoms with E-state index in [9.17, 15) is 24.8 Å². The molecule has 1 unspecified atom stereocenters. The molecule has 42 heavy (non-hydrogen) atoms. The van der Waals surface area contributed by atoms with Gasteiger partial charge in [-0.15, -0.1) is 0 Å². The van der Waals surface area contributed by atoms with Gasteiger partial charge in [-0.2, -0.15) is 0 Å². The molecule has 0 aliphatic carbocycles. The minimum Gasteiger partial charge on any atom is -0.491 e. The number of nitrogens with zero attached hydrogens (tertiary/aromatic N) is 1. The maximum atomic E-state index is 12.9. The van der Waals surface area contributed by atoms with Crippen molar-refractivity contribution in [2.24, 2.45) is 0 Å². The predicted octanol–water partition coefficient (Wildman–Crippen LogP) is 3.14. The van der Waals surface area contributed by atoms with Crippen molar-refractivity contribution in [3.8, 4) is 11.5 Å². The Morgan fingerprint density at radius 2 is 1.67 bits per heavy atom. The van der Waals surface area contributed by atoms with Crippen LogP contribution in [0.5, 0.6) is 11.5 Å². The molecule has 12 heteroatoms. The van der Waals surface area contributed by atoms with Gasteiger partial charge in [-0.1, -0.05) is 30.4 Å². The summed E-state index contributed by atoms with van der Waals surface area (Å²) in [5.41, 5.74) is 1.05. The fraction of sp³-hybridized carbons (Fsp3) is 0.333. The van der Waals surface area contributed by atoms with Crippen LogP contribution in [0, 0.1) is 10.1 Å². The Hall–Kier alpha value is -4.68. The monoisotopic (exact) mass is 581 g/mol.